The van der Waals surface area contributed by atoms with Crippen molar-refractivity contribution in [3.05, 3.63) is 59.4 Å². The molecule has 0 aromatic heterocycles. The van der Waals surface area contributed by atoms with Gasteiger partial charge in [0.1, 0.15) is 11.6 Å². The smallest absolute Gasteiger partial charge is 0.279 e. The first kappa shape index (κ1) is 19.1. The van der Waals surface area contributed by atoms with Crippen LogP contribution in [0.5, 0.6) is 5.75 Å². The van der Waals surface area contributed by atoms with E-state index in [0.717, 1.165) is 0 Å². The highest BCUT2D eigenvalue weighted by Crippen LogP contribution is 2.14. The van der Waals surface area contributed by atoms with Crippen LogP contribution in [-0.2, 0) is 4.79 Å². The third-order valence-electron chi connectivity index (χ3n) is 3.39. The van der Waals surface area contributed by atoms with E-state index in [1.165, 1.54) is 6.07 Å². The fourth-order valence-corrected chi connectivity index (χ4v) is 2.09. The molecular weight excluding hydrogens is 355 g/mol. The quantitative estimate of drug-likeness (QED) is 0.565. The Hall–Kier alpha value is -3.18. The number of thiocarbonyl (C=S) groups is 1. The van der Waals surface area contributed by atoms with Crippen molar-refractivity contribution in [2.24, 2.45) is 0 Å². The van der Waals surface area contributed by atoms with E-state index in [1.807, 2.05) is 6.07 Å². The summed E-state index contributed by atoms with van der Waals surface area (Å²) in [5.41, 5.74) is 6.42. The highest BCUT2D eigenvalue weighted by atomic mass is 32.1. The summed E-state index contributed by atoms with van der Waals surface area (Å²) in [5, 5.41) is 11.6. The fraction of sp³-hybridized carbons (Fsp3) is 0.167. The van der Waals surface area contributed by atoms with Gasteiger partial charge in [0.25, 0.3) is 5.91 Å². The zero-order valence-electron chi connectivity index (χ0n) is 14.2. The van der Waals surface area contributed by atoms with E-state index in [2.05, 4.69) is 16.2 Å². The van der Waals surface area contributed by atoms with Crippen molar-refractivity contribution in [1.29, 1.82) is 5.26 Å². The van der Waals surface area contributed by atoms with E-state index < -0.39 is 12.0 Å². The molecule has 0 radical (unpaired) electrons. The Morgan fingerprint density at radius 3 is 2.54 bits per heavy atom. The molecule has 3 N–H and O–H groups in total. The molecule has 0 heterocycles. The zero-order valence-corrected chi connectivity index (χ0v) is 15.0. The maximum absolute atomic E-state index is 13.5. The summed E-state index contributed by atoms with van der Waals surface area (Å²) in [6.07, 6.45) is -0.796. The number of anilines is 1. The lowest BCUT2D eigenvalue weighted by atomic mass is 10.2. The van der Waals surface area contributed by atoms with Gasteiger partial charge in [0.2, 0.25) is 0 Å². The van der Waals surface area contributed by atoms with Gasteiger partial charge in [-0.3, -0.25) is 15.6 Å². The number of carbonyl (C=O) groups excluding carboxylic acids is 1. The van der Waals surface area contributed by atoms with Gasteiger partial charge in [-0.25, -0.2) is 4.39 Å². The summed E-state index contributed by atoms with van der Waals surface area (Å²) >= 11 is 5.04. The minimum Gasteiger partial charge on any atom is -0.481 e. The minimum atomic E-state index is -0.796. The Morgan fingerprint density at radius 2 is 1.92 bits per heavy atom. The number of hydrogen-bond donors (Lipinski definition) is 3. The van der Waals surface area contributed by atoms with E-state index in [0.29, 0.717) is 22.6 Å². The fourth-order valence-electron chi connectivity index (χ4n) is 1.92. The molecule has 0 spiro atoms. The van der Waals surface area contributed by atoms with Gasteiger partial charge in [-0.15, -0.1) is 0 Å². The van der Waals surface area contributed by atoms with Crippen LogP contribution in [0.2, 0.25) is 0 Å². The van der Waals surface area contributed by atoms with Gasteiger partial charge in [-0.1, -0.05) is 6.07 Å². The highest BCUT2D eigenvalue weighted by Gasteiger charge is 2.15. The van der Waals surface area contributed by atoms with Crippen LogP contribution in [0.25, 0.3) is 0 Å². The predicted octanol–water partition coefficient (Wildman–Crippen LogP) is 2.79. The normalized spacial score (nSPS) is 11.0. The Labute approximate surface area is 155 Å². The first-order chi connectivity index (χ1) is 12.4. The molecule has 1 atom stereocenters. The summed E-state index contributed by atoms with van der Waals surface area (Å²) in [6, 6.07) is 13.0. The second-order valence-corrected chi connectivity index (χ2v) is 5.84. The monoisotopic (exact) mass is 372 g/mol. The molecule has 0 unspecified atom stereocenters. The number of nitriles is 1. The Bertz CT molecular complexity index is 849. The van der Waals surface area contributed by atoms with Crippen LogP contribution in [-0.4, -0.2) is 17.1 Å². The number of ether oxygens (including phenoxy) is 1. The van der Waals surface area contributed by atoms with Crippen molar-refractivity contribution in [3.63, 3.8) is 0 Å². The Balaban J connectivity index is 1.81. The van der Waals surface area contributed by atoms with Gasteiger partial charge in [0.15, 0.2) is 11.2 Å². The third-order valence-corrected chi connectivity index (χ3v) is 3.60. The van der Waals surface area contributed by atoms with Gasteiger partial charge in [-0.2, -0.15) is 5.26 Å². The van der Waals surface area contributed by atoms with Crippen LogP contribution in [0.1, 0.15) is 18.1 Å². The molecule has 1 amide bonds. The number of nitrogens with zero attached hydrogens (tertiary/aromatic N) is 1. The van der Waals surface area contributed by atoms with Gasteiger partial charge in [-0.05, 0) is 68.0 Å². The molecule has 26 heavy (non-hydrogen) atoms. The van der Waals surface area contributed by atoms with Crippen molar-refractivity contribution in [2.45, 2.75) is 20.0 Å². The van der Waals surface area contributed by atoms with Crippen LogP contribution >= 0.6 is 12.2 Å². The molecule has 6 nitrogen and oxygen atoms in total. The number of benzene rings is 2. The Kier molecular flexibility index (Phi) is 6.47. The first-order valence-corrected chi connectivity index (χ1v) is 8.09. The number of carbonyl (C=O) groups is 1. The number of nitrogens with one attached hydrogen (secondary N) is 3. The second kappa shape index (κ2) is 8.78. The molecule has 2 aromatic carbocycles. The second-order valence-electron chi connectivity index (χ2n) is 5.43. The van der Waals surface area contributed by atoms with E-state index >= 15 is 0 Å². The summed E-state index contributed by atoms with van der Waals surface area (Å²) in [5.74, 6) is -0.345. The highest BCUT2D eigenvalue weighted by molar-refractivity contribution is 7.80. The molecule has 134 valence electrons. The first-order valence-electron chi connectivity index (χ1n) is 7.69. The van der Waals surface area contributed by atoms with Crippen molar-refractivity contribution >= 4 is 28.9 Å². The van der Waals surface area contributed by atoms with Gasteiger partial charge in [0.05, 0.1) is 11.6 Å². The molecule has 0 aliphatic heterocycles. The Morgan fingerprint density at radius 1 is 1.23 bits per heavy atom. The summed E-state index contributed by atoms with van der Waals surface area (Å²) in [4.78, 5) is 12.0. The molecule has 0 aliphatic carbocycles. The molecule has 0 fully saturated rings. The molecule has 0 saturated heterocycles. The van der Waals surface area contributed by atoms with Crippen LogP contribution in [0.15, 0.2) is 42.5 Å². The number of hydrazine groups is 1. The lowest BCUT2D eigenvalue weighted by Gasteiger charge is -2.16. The maximum atomic E-state index is 13.5. The number of rotatable bonds is 4. The number of amides is 1. The van der Waals surface area contributed by atoms with E-state index in [9.17, 15) is 9.18 Å². The largest absolute Gasteiger partial charge is 0.481 e. The molecule has 2 aromatic rings. The zero-order chi connectivity index (χ0) is 19.1. The van der Waals surface area contributed by atoms with Crippen LogP contribution < -0.4 is 20.9 Å². The van der Waals surface area contributed by atoms with E-state index in [4.69, 9.17) is 22.2 Å². The molecule has 2 rings (SSSR count). The van der Waals surface area contributed by atoms with Crippen LogP contribution in [0.3, 0.4) is 0 Å². The van der Waals surface area contributed by atoms with Gasteiger partial charge in [0, 0.05) is 5.69 Å². The van der Waals surface area contributed by atoms with Crippen molar-refractivity contribution in [2.75, 3.05) is 5.32 Å². The average molecular weight is 372 g/mol. The predicted molar refractivity (Wildman–Crippen MR) is 99.9 cm³/mol. The molecule has 0 saturated carbocycles. The molecule has 8 heteroatoms. The van der Waals surface area contributed by atoms with Crippen LogP contribution in [0.4, 0.5) is 10.1 Å². The SMILES string of the molecule is Cc1ccc(NC(=S)NNC(=O)[C@H](C)Oc2ccc(C#N)cc2)cc1F. The average Bonchev–Trinajstić information content (AvgIpc) is 2.63. The lowest BCUT2D eigenvalue weighted by molar-refractivity contribution is -0.127. The van der Waals surface area contributed by atoms with E-state index in [1.54, 1.807) is 50.2 Å². The molecular formula is C18H17FN4O2S. The standard InChI is InChI=1S/C18H17FN4O2S/c1-11-3-6-14(9-16(11)19)21-18(26)23-22-17(24)12(2)25-15-7-4-13(10-20)5-8-15/h3-9,12H,1-2H3,(H,22,24)(H2,21,23,26)/t12-/m0/s1. The number of aryl methyl sites for hydroxylation is 1. The molecule has 0 aliphatic rings. The van der Waals surface area contributed by atoms with Gasteiger partial charge >= 0.3 is 0 Å². The third kappa shape index (κ3) is 5.43. The number of hydrogen-bond acceptors (Lipinski definition) is 4. The van der Waals surface area contributed by atoms with Crippen molar-refractivity contribution in [3.8, 4) is 11.8 Å². The lowest BCUT2D eigenvalue weighted by Crippen LogP contribution is -2.48. The van der Waals surface area contributed by atoms with Crippen molar-refractivity contribution in [1.82, 2.24) is 10.9 Å². The number of halogens is 1. The summed E-state index contributed by atoms with van der Waals surface area (Å²) in [7, 11) is 0. The topological polar surface area (TPSA) is 86.2 Å². The van der Waals surface area contributed by atoms with E-state index in [-0.39, 0.29) is 10.9 Å². The summed E-state index contributed by atoms with van der Waals surface area (Å²) < 4.78 is 19.0. The van der Waals surface area contributed by atoms with Gasteiger partial charge < -0.3 is 10.1 Å². The molecule has 0 bridgehead atoms. The maximum Gasteiger partial charge on any atom is 0.279 e. The minimum absolute atomic E-state index is 0.104. The summed E-state index contributed by atoms with van der Waals surface area (Å²) in [6.45, 7) is 3.23. The van der Waals surface area contributed by atoms with Crippen LogP contribution in [0, 0.1) is 24.1 Å². The van der Waals surface area contributed by atoms with Crippen molar-refractivity contribution < 1.29 is 13.9 Å².